The molecular formula is C27H36O. The van der Waals surface area contributed by atoms with Crippen molar-refractivity contribution in [1.29, 1.82) is 0 Å². The Balaban J connectivity index is 1.37. The zero-order chi connectivity index (χ0) is 19.3. The van der Waals surface area contributed by atoms with Crippen LogP contribution in [0.2, 0.25) is 0 Å². The van der Waals surface area contributed by atoms with Crippen LogP contribution in [0.3, 0.4) is 0 Å². The molecule has 2 aromatic rings. The van der Waals surface area contributed by atoms with E-state index in [9.17, 15) is 0 Å². The molecule has 4 rings (SSSR count). The molecule has 2 fully saturated rings. The first kappa shape index (κ1) is 19.7. The molecule has 2 saturated carbocycles. The van der Waals surface area contributed by atoms with Crippen LogP contribution in [0.5, 0.6) is 0 Å². The molecule has 0 saturated heterocycles. The number of hydrogen-bond acceptors (Lipinski definition) is 1. The minimum absolute atomic E-state index is 0.734. The van der Waals surface area contributed by atoms with Crippen molar-refractivity contribution in [3.8, 4) is 11.1 Å². The van der Waals surface area contributed by atoms with Gasteiger partial charge in [0, 0.05) is 13.7 Å². The first-order valence-electron chi connectivity index (χ1n) is 11.4. The highest BCUT2D eigenvalue weighted by Gasteiger charge is 2.22. The molecule has 0 heterocycles. The lowest BCUT2D eigenvalue weighted by Crippen LogP contribution is -2.17. The van der Waals surface area contributed by atoms with Crippen LogP contribution in [0.25, 0.3) is 11.1 Å². The molecule has 0 spiro atoms. The normalized spacial score (nSPS) is 28.2. The summed E-state index contributed by atoms with van der Waals surface area (Å²) in [6.45, 7) is 3.33. The third-order valence-corrected chi connectivity index (χ3v) is 7.36. The van der Waals surface area contributed by atoms with Gasteiger partial charge in [0.05, 0.1) is 0 Å². The molecule has 0 atom stereocenters. The first-order valence-corrected chi connectivity index (χ1v) is 11.4. The molecule has 1 heteroatoms. The van der Waals surface area contributed by atoms with Crippen LogP contribution < -0.4 is 0 Å². The van der Waals surface area contributed by atoms with Crippen molar-refractivity contribution in [2.45, 2.75) is 70.1 Å². The summed E-state index contributed by atoms with van der Waals surface area (Å²) in [6.07, 6.45) is 10.7. The minimum atomic E-state index is 0.734. The van der Waals surface area contributed by atoms with E-state index in [2.05, 4.69) is 55.5 Å². The summed E-state index contributed by atoms with van der Waals surface area (Å²) < 4.78 is 5.34. The largest absolute Gasteiger partial charge is 0.384 e. The van der Waals surface area contributed by atoms with Gasteiger partial charge < -0.3 is 4.74 Å². The van der Waals surface area contributed by atoms with E-state index in [0.717, 1.165) is 30.3 Å². The molecule has 2 aromatic carbocycles. The fourth-order valence-electron chi connectivity index (χ4n) is 5.39. The number of rotatable bonds is 5. The second-order valence-electron chi connectivity index (χ2n) is 9.37. The molecule has 1 nitrogen and oxygen atoms in total. The highest BCUT2D eigenvalue weighted by molar-refractivity contribution is 5.64. The van der Waals surface area contributed by atoms with Gasteiger partial charge in [-0.05, 0) is 84.5 Å². The van der Waals surface area contributed by atoms with Crippen LogP contribution in [0.4, 0.5) is 0 Å². The topological polar surface area (TPSA) is 9.23 Å². The van der Waals surface area contributed by atoms with E-state index in [4.69, 9.17) is 4.74 Å². The lowest BCUT2D eigenvalue weighted by atomic mass is 9.78. The van der Waals surface area contributed by atoms with Gasteiger partial charge in [0.2, 0.25) is 0 Å². The Bertz CT molecular complexity index is 714. The predicted molar refractivity (Wildman–Crippen MR) is 119 cm³/mol. The van der Waals surface area contributed by atoms with Gasteiger partial charge in [0.25, 0.3) is 0 Å². The van der Waals surface area contributed by atoms with E-state index in [-0.39, 0.29) is 0 Å². The van der Waals surface area contributed by atoms with Crippen molar-refractivity contribution in [3.63, 3.8) is 0 Å². The summed E-state index contributed by atoms with van der Waals surface area (Å²) >= 11 is 0. The second kappa shape index (κ2) is 9.27. The summed E-state index contributed by atoms with van der Waals surface area (Å²) in [4.78, 5) is 0. The lowest BCUT2D eigenvalue weighted by molar-refractivity contribution is 0.127. The smallest absolute Gasteiger partial charge is 0.0490 e. The van der Waals surface area contributed by atoms with Gasteiger partial charge in [0.1, 0.15) is 0 Å². The standard InChI is InChI=1S/C27H36O/c1-20-3-7-22(8-4-20)24-11-15-26(16-12-24)27-17-13-25(14-18-27)23-9-5-21(6-10-23)19-28-2/h11-18,20-23H,3-10,19H2,1-2H3. The van der Waals surface area contributed by atoms with Crippen molar-refractivity contribution >= 4 is 0 Å². The molecule has 0 aliphatic heterocycles. The number of benzene rings is 2. The van der Waals surface area contributed by atoms with Crippen molar-refractivity contribution in [3.05, 3.63) is 59.7 Å². The van der Waals surface area contributed by atoms with E-state index in [1.54, 1.807) is 5.56 Å². The van der Waals surface area contributed by atoms with Gasteiger partial charge in [-0.1, -0.05) is 68.3 Å². The van der Waals surface area contributed by atoms with Gasteiger partial charge in [-0.2, -0.15) is 0 Å². The minimum Gasteiger partial charge on any atom is -0.384 e. The first-order chi connectivity index (χ1) is 13.7. The van der Waals surface area contributed by atoms with E-state index >= 15 is 0 Å². The van der Waals surface area contributed by atoms with E-state index in [1.807, 2.05) is 7.11 Å². The molecule has 0 unspecified atom stereocenters. The van der Waals surface area contributed by atoms with E-state index in [1.165, 1.54) is 68.1 Å². The molecule has 2 aliphatic rings. The maximum atomic E-state index is 5.34. The maximum Gasteiger partial charge on any atom is 0.0490 e. The average molecular weight is 377 g/mol. The van der Waals surface area contributed by atoms with Gasteiger partial charge in [-0.25, -0.2) is 0 Å². The van der Waals surface area contributed by atoms with E-state index in [0.29, 0.717) is 0 Å². The van der Waals surface area contributed by atoms with Gasteiger partial charge in [0.15, 0.2) is 0 Å². The Morgan fingerprint density at radius 3 is 1.50 bits per heavy atom. The van der Waals surface area contributed by atoms with Crippen LogP contribution in [-0.2, 0) is 4.74 Å². The summed E-state index contributed by atoms with van der Waals surface area (Å²) in [6, 6.07) is 18.8. The molecule has 28 heavy (non-hydrogen) atoms. The monoisotopic (exact) mass is 376 g/mol. The maximum absolute atomic E-state index is 5.34. The molecule has 0 radical (unpaired) electrons. The van der Waals surface area contributed by atoms with E-state index < -0.39 is 0 Å². The number of hydrogen-bond donors (Lipinski definition) is 0. The molecule has 0 amide bonds. The van der Waals surface area contributed by atoms with Gasteiger partial charge in [-0.3, -0.25) is 0 Å². The Kier molecular flexibility index (Phi) is 6.52. The Hall–Kier alpha value is -1.60. The Morgan fingerprint density at radius 1 is 0.643 bits per heavy atom. The fourth-order valence-corrected chi connectivity index (χ4v) is 5.39. The average Bonchev–Trinajstić information content (AvgIpc) is 2.75. The summed E-state index contributed by atoms with van der Waals surface area (Å²) in [5, 5.41) is 0. The Labute approximate surface area is 171 Å². The Morgan fingerprint density at radius 2 is 1.07 bits per heavy atom. The predicted octanol–water partition coefficient (Wildman–Crippen LogP) is 7.57. The highest BCUT2D eigenvalue weighted by atomic mass is 16.5. The molecule has 0 aromatic heterocycles. The third kappa shape index (κ3) is 4.69. The van der Waals surface area contributed by atoms with Crippen LogP contribution >= 0.6 is 0 Å². The molecule has 0 bridgehead atoms. The lowest BCUT2D eigenvalue weighted by Gasteiger charge is -2.28. The van der Waals surface area contributed by atoms with Gasteiger partial charge >= 0.3 is 0 Å². The van der Waals surface area contributed by atoms with Crippen molar-refractivity contribution in [2.75, 3.05) is 13.7 Å². The molecule has 2 aliphatic carbocycles. The summed E-state index contributed by atoms with van der Waals surface area (Å²) in [7, 11) is 1.83. The zero-order valence-corrected chi connectivity index (χ0v) is 17.7. The highest BCUT2D eigenvalue weighted by Crippen LogP contribution is 2.38. The second-order valence-corrected chi connectivity index (χ2v) is 9.37. The summed E-state index contributed by atoms with van der Waals surface area (Å²) in [5.41, 5.74) is 5.76. The number of methoxy groups -OCH3 is 1. The fraction of sp³-hybridized carbons (Fsp3) is 0.556. The number of ether oxygens (including phenoxy) is 1. The third-order valence-electron chi connectivity index (χ3n) is 7.36. The SMILES string of the molecule is COCC1CCC(c2ccc(-c3ccc(C4CCC(C)CC4)cc3)cc2)CC1. The van der Waals surface area contributed by atoms with Crippen LogP contribution in [0.15, 0.2) is 48.5 Å². The summed E-state index contributed by atoms with van der Waals surface area (Å²) in [5.74, 6) is 3.20. The van der Waals surface area contributed by atoms with Crippen LogP contribution in [0.1, 0.15) is 81.3 Å². The zero-order valence-electron chi connectivity index (χ0n) is 17.7. The molecular weight excluding hydrogens is 340 g/mol. The van der Waals surface area contributed by atoms with Crippen LogP contribution in [0, 0.1) is 11.8 Å². The van der Waals surface area contributed by atoms with Crippen molar-refractivity contribution < 1.29 is 4.74 Å². The van der Waals surface area contributed by atoms with Gasteiger partial charge in [-0.15, -0.1) is 0 Å². The van der Waals surface area contributed by atoms with Crippen molar-refractivity contribution in [1.82, 2.24) is 0 Å². The van der Waals surface area contributed by atoms with Crippen LogP contribution in [-0.4, -0.2) is 13.7 Å². The quantitative estimate of drug-likeness (QED) is 0.523. The molecule has 0 N–H and O–H groups in total. The van der Waals surface area contributed by atoms with Crippen molar-refractivity contribution in [2.24, 2.45) is 11.8 Å². The molecule has 150 valence electrons.